The zero-order valence-corrected chi connectivity index (χ0v) is 20.2. The van der Waals surface area contributed by atoms with Crippen LogP contribution in [0.2, 0.25) is 0 Å². The monoisotopic (exact) mass is 505 g/mol. The van der Waals surface area contributed by atoms with Crippen LogP contribution in [-0.2, 0) is 16.4 Å². The number of anilines is 1. The van der Waals surface area contributed by atoms with Gasteiger partial charge in [0.25, 0.3) is 5.91 Å². The highest BCUT2D eigenvalue weighted by Crippen LogP contribution is 2.41. The number of nitrogens with one attached hydrogen (secondary N) is 2. The summed E-state index contributed by atoms with van der Waals surface area (Å²) in [6.07, 6.45) is 4.81. The summed E-state index contributed by atoms with van der Waals surface area (Å²) in [5.74, 6) is -1.73. The van der Waals surface area contributed by atoms with E-state index in [9.17, 15) is 22.0 Å². The van der Waals surface area contributed by atoms with E-state index in [4.69, 9.17) is 9.15 Å². The largest absolute Gasteiger partial charge is 0.416 e. The summed E-state index contributed by atoms with van der Waals surface area (Å²) in [6, 6.07) is 6.90. The van der Waals surface area contributed by atoms with Crippen molar-refractivity contribution >= 4 is 21.6 Å². The van der Waals surface area contributed by atoms with Gasteiger partial charge in [0.2, 0.25) is 10.0 Å². The van der Waals surface area contributed by atoms with Crippen LogP contribution in [-0.4, -0.2) is 25.6 Å². The zero-order valence-electron chi connectivity index (χ0n) is 19.4. The number of oxazole rings is 1. The van der Waals surface area contributed by atoms with E-state index in [2.05, 4.69) is 23.3 Å². The van der Waals surface area contributed by atoms with Gasteiger partial charge in [-0.05, 0) is 67.0 Å². The molecule has 4 rings (SSSR count). The lowest BCUT2D eigenvalue weighted by atomic mass is 9.99. The SMILES string of the molecule is CCC1CCc2c(Oc3nc(C(=O)NC(C)c4cc(F)c(NS(C)(=O)=O)c(F)c4)co3)cccc21. The van der Waals surface area contributed by atoms with Crippen molar-refractivity contribution in [3.63, 3.8) is 0 Å². The Kier molecular flexibility index (Phi) is 6.79. The smallest absolute Gasteiger partial charge is 0.399 e. The molecule has 0 radical (unpaired) electrons. The molecule has 2 atom stereocenters. The molecular formula is C24H25F2N3O5S. The third-order valence-corrected chi connectivity index (χ3v) is 6.53. The number of hydrogen-bond acceptors (Lipinski definition) is 6. The summed E-state index contributed by atoms with van der Waals surface area (Å²) in [5.41, 5.74) is 1.60. The average molecular weight is 506 g/mol. The summed E-state index contributed by atoms with van der Waals surface area (Å²) in [6.45, 7) is 3.67. The maximum absolute atomic E-state index is 14.3. The van der Waals surface area contributed by atoms with Gasteiger partial charge in [-0.15, -0.1) is 0 Å². The number of amides is 1. The van der Waals surface area contributed by atoms with Gasteiger partial charge < -0.3 is 14.5 Å². The topological polar surface area (TPSA) is 111 Å². The molecule has 35 heavy (non-hydrogen) atoms. The quantitative estimate of drug-likeness (QED) is 0.443. The lowest BCUT2D eigenvalue weighted by Gasteiger charge is -2.15. The Labute approximate surface area is 201 Å². The van der Waals surface area contributed by atoms with Crippen molar-refractivity contribution in [1.82, 2.24) is 10.3 Å². The van der Waals surface area contributed by atoms with E-state index in [-0.39, 0.29) is 17.3 Å². The normalized spacial score (nSPS) is 16.0. The highest BCUT2D eigenvalue weighted by molar-refractivity contribution is 7.92. The standard InChI is InChI=1S/C24H25F2N3O5S/c1-4-14-8-9-17-16(14)6-5-7-21(17)34-24-28-20(12-33-24)23(30)27-13(2)15-10-18(25)22(19(26)11-15)29-35(3,31)32/h5-7,10-14,29H,4,8-9H2,1-3H3,(H,27,30). The zero-order chi connectivity index (χ0) is 25.3. The Morgan fingerprint density at radius 3 is 2.66 bits per heavy atom. The Hall–Kier alpha value is -3.47. The average Bonchev–Trinajstić information content (AvgIpc) is 3.43. The second-order valence-corrected chi connectivity index (χ2v) is 10.2. The van der Waals surface area contributed by atoms with Gasteiger partial charge in [-0.1, -0.05) is 19.1 Å². The van der Waals surface area contributed by atoms with Gasteiger partial charge in [0.1, 0.15) is 17.7 Å². The number of rotatable bonds is 8. The summed E-state index contributed by atoms with van der Waals surface area (Å²) in [7, 11) is -3.87. The number of benzene rings is 2. The number of sulfonamides is 1. The highest BCUT2D eigenvalue weighted by atomic mass is 32.2. The minimum atomic E-state index is -3.87. The first kappa shape index (κ1) is 24.6. The van der Waals surface area contributed by atoms with E-state index in [0.29, 0.717) is 11.7 Å². The van der Waals surface area contributed by atoms with Crippen LogP contribution in [0.4, 0.5) is 14.5 Å². The van der Waals surface area contributed by atoms with Gasteiger partial charge >= 0.3 is 6.08 Å². The molecule has 2 N–H and O–H groups in total. The van der Waals surface area contributed by atoms with E-state index in [1.54, 1.807) is 4.72 Å². The summed E-state index contributed by atoms with van der Waals surface area (Å²) in [5, 5.41) is 2.58. The molecule has 0 spiro atoms. The fraction of sp³-hybridized carbons (Fsp3) is 0.333. The van der Waals surface area contributed by atoms with Crippen LogP contribution < -0.4 is 14.8 Å². The van der Waals surface area contributed by atoms with Crippen LogP contribution in [0.1, 0.15) is 65.8 Å². The van der Waals surface area contributed by atoms with Crippen molar-refractivity contribution in [2.45, 2.75) is 45.1 Å². The third kappa shape index (κ3) is 5.45. The Morgan fingerprint density at radius 1 is 1.29 bits per heavy atom. The maximum Gasteiger partial charge on any atom is 0.399 e. The van der Waals surface area contributed by atoms with Crippen molar-refractivity contribution in [1.29, 1.82) is 0 Å². The molecule has 3 aromatic rings. The van der Waals surface area contributed by atoms with Gasteiger partial charge in [-0.25, -0.2) is 17.2 Å². The maximum atomic E-state index is 14.3. The number of ether oxygens (including phenoxy) is 1. The van der Waals surface area contributed by atoms with Gasteiger partial charge in [0, 0.05) is 0 Å². The number of carbonyl (C=O) groups is 1. The summed E-state index contributed by atoms with van der Waals surface area (Å²) < 4.78 is 64.1. The number of carbonyl (C=O) groups excluding carboxylic acids is 1. The molecule has 0 bridgehead atoms. The number of nitrogens with zero attached hydrogens (tertiary/aromatic N) is 1. The van der Waals surface area contributed by atoms with E-state index in [1.807, 2.05) is 12.1 Å². The Bertz CT molecular complexity index is 1350. The van der Waals surface area contributed by atoms with Crippen LogP contribution in [0.3, 0.4) is 0 Å². The molecule has 0 aliphatic heterocycles. The van der Waals surface area contributed by atoms with E-state index in [0.717, 1.165) is 49.5 Å². The molecule has 1 aliphatic rings. The molecule has 2 aromatic carbocycles. The van der Waals surface area contributed by atoms with Gasteiger partial charge in [-0.2, -0.15) is 4.98 Å². The Morgan fingerprint density at radius 2 is 2.00 bits per heavy atom. The predicted molar refractivity (Wildman–Crippen MR) is 125 cm³/mol. The van der Waals surface area contributed by atoms with E-state index in [1.165, 1.54) is 12.5 Å². The van der Waals surface area contributed by atoms with Crippen molar-refractivity contribution < 1.29 is 31.1 Å². The van der Waals surface area contributed by atoms with Gasteiger partial charge in [-0.3, -0.25) is 9.52 Å². The lowest BCUT2D eigenvalue weighted by molar-refractivity contribution is 0.0934. The van der Waals surface area contributed by atoms with Crippen LogP contribution in [0.25, 0.3) is 0 Å². The molecule has 8 nitrogen and oxygen atoms in total. The first-order chi connectivity index (χ1) is 16.6. The minimum absolute atomic E-state index is 0.0674. The molecule has 0 saturated heterocycles. The first-order valence-electron chi connectivity index (χ1n) is 11.1. The van der Waals surface area contributed by atoms with Crippen molar-refractivity contribution in [2.75, 3.05) is 11.0 Å². The molecule has 0 fully saturated rings. The molecule has 186 valence electrons. The van der Waals surface area contributed by atoms with E-state index >= 15 is 0 Å². The number of aromatic nitrogens is 1. The number of fused-ring (bicyclic) bond motifs is 1. The second-order valence-electron chi connectivity index (χ2n) is 8.50. The molecular weight excluding hydrogens is 480 g/mol. The van der Waals surface area contributed by atoms with Gasteiger partial charge in [0.05, 0.1) is 12.3 Å². The summed E-state index contributed by atoms with van der Waals surface area (Å²) >= 11 is 0. The van der Waals surface area contributed by atoms with Crippen LogP contribution >= 0.6 is 0 Å². The predicted octanol–water partition coefficient (Wildman–Crippen LogP) is 5.05. The molecule has 1 aliphatic carbocycles. The first-order valence-corrected chi connectivity index (χ1v) is 13.0. The molecule has 11 heteroatoms. The molecule has 1 heterocycles. The third-order valence-electron chi connectivity index (χ3n) is 5.96. The van der Waals surface area contributed by atoms with Crippen molar-refractivity contribution in [3.05, 3.63) is 70.6 Å². The molecule has 2 unspecified atom stereocenters. The molecule has 1 amide bonds. The lowest BCUT2D eigenvalue weighted by Crippen LogP contribution is -2.27. The highest BCUT2D eigenvalue weighted by Gasteiger charge is 2.25. The Balaban J connectivity index is 1.45. The fourth-order valence-corrected chi connectivity index (χ4v) is 4.77. The molecule has 0 saturated carbocycles. The summed E-state index contributed by atoms with van der Waals surface area (Å²) in [4.78, 5) is 16.7. The van der Waals surface area contributed by atoms with Crippen LogP contribution in [0.15, 0.2) is 41.0 Å². The van der Waals surface area contributed by atoms with Crippen molar-refractivity contribution in [2.24, 2.45) is 0 Å². The van der Waals surface area contributed by atoms with Crippen LogP contribution in [0.5, 0.6) is 11.8 Å². The van der Waals surface area contributed by atoms with Gasteiger partial charge in [0.15, 0.2) is 17.3 Å². The van der Waals surface area contributed by atoms with Crippen LogP contribution in [0, 0.1) is 11.6 Å². The van der Waals surface area contributed by atoms with E-state index < -0.39 is 39.3 Å². The number of halogens is 2. The number of hydrogen-bond donors (Lipinski definition) is 2. The second kappa shape index (κ2) is 9.65. The fourth-order valence-electron chi connectivity index (χ4n) is 4.21. The minimum Gasteiger partial charge on any atom is -0.416 e. The molecule has 1 aromatic heterocycles. The van der Waals surface area contributed by atoms with Crippen molar-refractivity contribution in [3.8, 4) is 11.8 Å².